The fourth-order valence-corrected chi connectivity index (χ4v) is 3.19. The zero-order valence-electron chi connectivity index (χ0n) is 17.9. The number of ether oxygens (including phenoxy) is 3. The lowest BCUT2D eigenvalue weighted by atomic mass is 10.1. The van der Waals surface area contributed by atoms with Gasteiger partial charge in [0, 0.05) is 20.0 Å². The third-order valence-corrected chi connectivity index (χ3v) is 4.86. The van der Waals surface area contributed by atoms with Crippen LogP contribution in [-0.4, -0.2) is 43.3 Å². The molecule has 3 aromatic rings. The predicted molar refractivity (Wildman–Crippen MR) is 118 cm³/mol. The highest BCUT2D eigenvalue weighted by molar-refractivity contribution is 5.78. The molecule has 0 saturated carbocycles. The number of nitrogens with one attached hydrogen (secondary N) is 2. The minimum atomic E-state index is -0.224. The molecule has 2 N–H and O–H groups in total. The summed E-state index contributed by atoms with van der Waals surface area (Å²) >= 11 is 0. The van der Waals surface area contributed by atoms with Gasteiger partial charge in [-0.2, -0.15) is 0 Å². The minimum Gasteiger partial charge on any atom is -0.493 e. The number of rotatable bonds is 10. The monoisotopic (exact) mass is 425 g/mol. The van der Waals surface area contributed by atoms with Crippen LogP contribution in [0, 0.1) is 0 Å². The van der Waals surface area contributed by atoms with Crippen LogP contribution in [0.15, 0.2) is 47.3 Å². The van der Waals surface area contributed by atoms with E-state index < -0.39 is 0 Å². The van der Waals surface area contributed by atoms with E-state index >= 15 is 0 Å². The highest BCUT2D eigenvalue weighted by Gasteiger charge is 2.14. The van der Waals surface area contributed by atoms with Gasteiger partial charge in [-0.25, -0.2) is 4.98 Å². The van der Waals surface area contributed by atoms with Crippen molar-refractivity contribution >= 4 is 16.8 Å². The van der Waals surface area contributed by atoms with E-state index in [1.54, 1.807) is 32.4 Å². The topological polar surface area (TPSA) is 103 Å². The Balaban J connectivity index is 1.59. The summed E-state index contributed by atoms with van der Waals surface area (Å²) in [6.07, 6.45) is 0.551. The first-order valence-corrected chi connectivity index (χ1v) is 10.1. The smallest absolute Gasteiger partial charge is 0.258 e. The molecule has 1 heterocycles. The van der Waals surface area contributed by atoms with Crippen LogP contribution in [-0.2, 0) is 16.0 Å². The summed E-state index contributed by atoms with van der Waals surface area (Å²) in [4.78, 5) is 31.8. The summed E-state index contributed by atoms with van der Waals surface area (Å²) in [5.41, 5.74) is 1.31. The quantitative estimate of drug-likeness (QED) is 0.484. The second-order valence-corrected chi connectivity index (χ2v) is 7.07. The van der Waals surface area contributed by atoms with Gasteiger partial charge in [0.05, 0.1) is 30.7 Å². The lowest BCUT2D eigenvalue weighted by Gasteiger charge is -2.17. The largest absolute Gasteiger partial charge is 0.493 e. The van der Waals surface area contributed by atoms with Crippen molar-refractivity contribution in [2.45, 2.75) is 25.8 Å². The SMILES string of the molecule is COCCOc1ccc(C(C)NC(=O)CCc2nc3ccccc3c(=O)[nH]2)cc1OC. The van der Waals surface area contributed by atoms with E-state index in [-0.39, 0.29) is 23.9 Å². The second-order valence-electron chi connectivity index (χ2n) is 7.07. The number of benzene rings is 2. The van der Waals surface area contributed by atoms with Crippen LogP contribution in [0.1, 0.15) is 30.8 Å². The average Bonchev–Trinajstić information content (AvgIpc) is 2.78. The van der Waals surface area contributed by atoms with Gasteiger partial charge in [0.25, 0.3) is 5.56 Å². The number of carbonyl (C=O) groups excluding carboxylic acids is 1. The number of H-pyrrole nitrogens is 1. The lowest BCUT2D eigenvalue weighted by molar-refractivity contribution is -0.121. The van der Waals surface area contributed by atoms with Crippen molar-refractivity contribution in [1.82, 2.24) is 15.3 Å². The molecular formula is C23H27N3O5. The Bertz CT molecular complexity index is 1100. The number of nitrogens with zero attached hydrogens (tertiary/aromatic N) is 1. The van der Waals surface area contributed by atoms with Gasteiger partial charge in [-0.3, -0.25) is 9.59 Å². The normalized spacial score (nSPS) is 11.8. The van der Waals surface area contributed by atoms with Gasteiger partial charge in [0.1, 0.15) is 12.4 Å². The van der Waals surface area contributed by atoms with Gasteiger partial charge >= 0.3 is 0 Å². The van der Waals surface area contributed by atoms with Gasteiger partial charge in [0.2, 0.25) is 5.91 Å². The van der Waals surface area contributed by atoms with Crippen LogP contribution < -0.4 is 20.3 Å². The van der Waals surface area contributed by atoms with Crippen LogP contribution >= 0.6 is 0 Å². The number of carbonyl (C=O) groups is 1. The van der Waals surface area contributed by atoms with Crippen molar-refractivity contribution in [3.63, 3.8) is 0 Å². The van der Waals surface area contributed by atoms with E-state index in [0.29, 0.717) is 47.9 Å². The van der Waals surface area contributed by atoms with Gasteiger partial charge in [-0.1, -0.05) is 18.2 Å². The van der Waals surface area contributed by atoms with Gasteiger partial charge in [-0.15, -0.1) is 0 Å². The number of amides is 1. The molecular weight excluding hydrogens is 398 g/mol. The Kier molecular flexibility index (Phi) is 7.61. The first-order chi connectivity index (χ1) is 15.0. The number of hydrogen-bond donors (Lipinski definition) is 2. The molecule has 8 nitrogen and oxygen atoms in total. The molecule has 0 aliphatic carbocycles. The fourth-order valence-electron chi connectivity index (χ4n) is 3.19. The molecule has 1 atom stereocenters. The Morgan fingerprint density at radius 1 is 1.13 bits per heavy atom. The Hall–Kier alpha value is -3.39. The van der Waals surface area contributed by atoms with Crippen molar-refractivity contribution in [2.24, 2.45) is 0 Å². The standard InChI is InChI=1S/C23H27N3O5/c1-15(16-8-9-19(20(14-16)30-3)31-13-12-29-2)24-22(27)11-10-21-25-18-7-5-4-6-17(18)23(28)26-21/h4-9,14-15H,10-13H2,1-3H3,(H,24,27)(H,25,26,28). The number of fused-ring (bicyclic) bond motifs is 1. The van der Waals surface area contributed by atoms with Gasteiger partial charge in [0.15, 0.2) is 11.5 Å². The second kappa shape index (κ2) is 10.6. The Labute approximate surface area is 180 Å². The number of hydrogen-bond acceptors (Lipinski definition) is 6. The number of methoxy groups -OCH3 is 2. The summed E-state index contributed by atoms with van der Waals surface area (Å²) in [5.74, 6) is 1.56. The number of aryl methyl sites for hydroxylation is 1. The van der Waals surface area contributed by atoms with Gasteiger partial charge < -0.3 is 24.5 Å². The molecule has 0 aliphatic rings. The first kappa shape index (κ1) is 22.3. The first-order valence-electron chi connectivity index (χ1n) is 10.1. The summed E-state index contributed by atoms with van der Waals surface area (Å²) < 4.78 is 16.0. The van der Waals surface area contributed by atoms with E-state index in [9.17, 15) is 9.59 Å². The molecule has 0 aliphatic heterocycles. The van der Waals surface area contributed by atoms with Crippen molar-refractivity contribution < 1.29 is 19.0 Å². The van der Waals surface area contributed by atoms with E-state index in [0.717, 1.165) is 5.56 Å². The van der Waals surface area contributed by atoms with Gasteiger partial charge in [-0.05, 0) is 36.8 Å². The molecule has 0 saturated heterocycles. The lowest BCUT2D eigenvalue weighted by Crippen LogP contribution is -2.27. The summed E-state index contributed by atoms with van der Waals surface area (Å²) in [5, 5.41) is 3.50. The zero-order chi connectivity index (χ0) is 22.2. The van der Waals surface area contributed by atoms with Crippen LogP contribution in [0.5, 0.6) is 11.5 Å². The highest BCUT2D eigenvalue weighted by Crippen LogP contribution is 2.30. The molecule has 8 heteroatoms. The van der Waals surface area contributed by atoms with Crippen molar-refractivity contribution in [3.8, 4) is 11.5 Å². The van der Waals surface area contributed by atoms with Crippen molar-refractivity contribution in [1.29, 1.82) is 0 Å². The molecule has 0 radical (unpaired) electrons. The number of aromatic amines is 1. The van der Waals surface area contributed by atoms with Crippen LogP contribution in [0.25, 0.3) is 10.9 Å². The van der Waals surface area contributed by atoms with Crippen LogP contribution in [0.3, 0.4) is 0 Å². The summed E-state index contributed by atoms with van der Waals surface area (Å²) in [6.45, 7) is 2.80. The molecule has 0 fully saturated rings. The molecule has 31 heavy (non-hydrogen) atoms. The fraction of sp³-hybridized carbons (Fsp3) is 0.348. The molecule has 0 spiro atoms. The molecule has 1 unspecified atom stereocenters. The maximum Gasteiger partial charge on any atom is 0.258 e. The zero-order valence-corrected chi connectivity index (χ0v) is 17.9. The summed E-state index contributed by atoms with van der Waals surface area (Å²) in [6, 6.07) is 12.5. The molecule has 0 bridgehead atoms. The molecule has 1 aromatic heterocycles. The molecule has 164 valence electrons. The molecule has 1 amide bonds. The van der Waals surface area contributed by atoms with Crippen molar-refractivity contribution in [3.05, 3.63) is 64.2 Å². The minimum absolute atomic E-state index is 0.136. The molecule has 3 rings (SSSR count). The third kappa shape index (κ3) is 5.82. The van der Waals surface area contributed by atoms with E-state index in [2.05, 4.69) is 15.3 Å². The van der Waals surface area contributed by atoms with E-state index in [1.807, 2.05) is 31.2 Å². The maximum absolute atomic E-state index is 12.4. The van der Waals surface area contributed by atoms with Crippen LogP contribution in [0.4, 0.5) is 0 Å². The predicted octanol–water partition coefficient (Wildman–Crippen LogP) is 2.77. The molecule has 2 aromatic carbocycles. The van der Waals surface area contributed by atoms with Crippen molar-refractivity contribution in [2.75, 3.05) is 27.4 Å². The Morgan fingerprint density at radius 2 is 1.94 bits per heavy atom. The number of para-hydroxylation sites is 1. The van der Waals surface area contributed by atoms with Crippen LogP contribution in [0.2, 0.25) is 0 Å². The van der Waals surface area contributed by atoms with E-state index in [1.165, 1.54) is 0 Å². The third-order valence-electron chi connectivity index (χ3n) is 4.86. The summed E-state index contributed by atoms with van der Waals surface area (Å²) in [7, 11) is 3.19. The van der Waals surface area contributed by atoms with E-state index in [4.69, 9.17) is 14.2 Å². The Morgan fingerprint density at radius 3 is 2.71 bits per heavy atom. The average molecular weight is 425 g/mol. The highest BCUT2D eigenvalue weighted by atomic mass is 16.5. The maximum atomic E-state index is 12.4. The number of aromatic nitrogens is 2.